The minimum absolute atomic E-state index is 0.132. The maximum atomic E-state index is 3.96. The molecular weight excluding hydrogens is 194 g/mol. The molecule has 1 aromatic carbocycles. The molecule has 1 aromatic rings. The highest BCUT2D eigenvalue weighted by atomic mass is 14.8. The summed E-state index contributed by atoms with van der Waals surface area (Å²) in [7, 11) is 1.99. The Bertz CT molecular complexity index is 368. The summed E-state index contributed by atoms with van der Waals surface area (Å²) in [5, 5.41) is 3.24. The second kappa shape index (κ2) is 5.31. The molecule has 0 aliphatic rings. The van der Waals surface area contributed by atoms with Crippen LogP contribution in [0.3, 0.4) is 0 Å². The van der Waals surface area contributed by atoms with Crippen LogP contribution < -0.4 is 5.32 Å². The minimum atomic E-state index is 0.132. The largest absolute Gasteiger partial charge is 0.319 e. The van der Waals surface area contributed by atoms with Crippen molar-refractivity contribution in [2.45, 2.75) is 27.2 Å². The van der Waals surface area contributed by atoms with Crippen LogP contribution in [0.1, 0.15) is 23.6 Å². The summed E-state index contributed by atoms with van der Waals surface area (Å²) in [6.45, 7) is 11.5. The Kier molecular flexibility index (Phi) is 4.31. The van der Waals surface area contributed by atoms with Crippen molar-refractivity contribution in [2.75, 3.05) is 13.6 Å². The van der Waals surface area contributed by atoms with Crippen molar-refractivity contribution < 1.29 is 0 Å². The molecule has 0 aliphatic heterocycles. The van der Waals surface area contributed by atoms with Crippen LogP contribution in [-0.4, -0.2) is 13.6 Å². The molecule has 0 saturated carbocycles. The summed E-state index contributed by atoms with van der Waals surface area (Å²) in [4.78, 5) is 0. The molecule has 16 heavy (non-hydrogen) atoms. The van der Waals surface area contributed by atoms with E-state index in [1.54, 1.807) is 0 Å². The predicted molar refractivity (Wildman–Crippen MR) is 71.9 cm³/mol. The van der Waals surface area contributed by atoms with Gasteiger partial charge in [-0.2, -0.15) is 0 Å². The van der Waals surface area contributed by atoms with E-state index in [-0.39, 0.29) is 5.41 Å². The van der Waals surface area contributed by atoms with Gasteiger partial charge in [-0.3, -0.25) is 0 Å². The van der Waals surface area contributed by atoms with Gasteiger partial charge in [-0.15, -0.1) is 6.58 Å². The molecule has 0 spiro atoms. The van der Waals surface area contributed by atoms with Crippen LogP contribution in [0.15, 0.2) is 30.9 Å². The van der Waals surface area contributed by atoms with Gasteiger partial charge in [0.05, 0.1) is 0 Å². The molecule has 88 valence electrons. The number of aryl methyl sites for hydroxylation is 2. The van der Waals surface area contributed by atoms with Gasteiger partial charge in [0.2, 0.25) is 0 Å². The fourth-order valence-electron chi connectivity index (χ4n) is 2.04. The Morgan fingerprint density at radius 2 is 2.06 bits per heavy atom. The van der Waals surface area contributed by atoms with E-state index < -0.39 is 0 Å². The highest BCUT2D eigenvalue weighted by Gasteiger charge is 2.20. The Morgan fingerprint density at radius 3 is 2.62 bits per heavy atom. The first-order chi connectivity index (χ1) is 7.50. The zero-order valence-electron chi connectivity index (χ0n) is 10.9. The standard InChI is InChI=1S/C15H23N/c1-6-15(4,11-16-5)10-14-9-12(2)7-8-13(14)3/h6-9,16H,1,10-11H2,2-5H3. The van der Waals surface area contributed by atoms with Crippen LogP contribution in [-0.2, 0) is 6.42 Å². The van der Waals surface area contributed by atoms with E-state index in [4.69, 9.17) is 0 Å². The number of benzene rings is 1. The van der Waals surface area contributed by atoms with Gasteiger partial charge < -0.3 is 5.32 Å². The lowest BCUT2D eigenvalue weighted by Gasteiger charge is -2.26. The van der Waals surface area contributed by atoms with Gasteiger partial charge in [0.25, 0.3) is 0 Å². The van der Waals surface area contributed by atoms with Gasteiger partial charge in [0.1, 0.15) is 0 Å². The Morgan fingerprint density at radius 1 is 1.38 bits per heavy atom. The normalized spacial score (nSPS) is 14.5. The van der Waals surface area contributed by atoms with Crippen molar-refractivity contribution >= 4 is 0 Å². The van der Waals surface area contributed by atoms with Crippen molar-refractivity contribution in [3.05, 3.63) is 47.5 Å². The van der Waals surface area contributed by atoms with Crippen LogP contribution in [0.4, 0.5) is 0 Å². The Hall–Kier alpha value is -1.08. The third-order valence-electron chi connectivity index (χ3n) is 3.17. The van der Waals surface area contributed by atoms with E-state index in [9.17, 15) is 0 Å². The summed E-state index contributed by atoms with van der Waals surface area (Å²) in [6.07, 6.45) is 3.11. The zero-order chi connectivity index (χ0) is 12.2. The monoisotopic (exact) mass is 217 g/mol. The zero-order valence-corrected chi connectivity index (χ0v) is 10.9. The lowest BCUT2D eigenvalue weighted by atomic mass is 9.82. The molecule has 0 amide bonds. The average Bonchev–Trinajstić information content (AvgIpc) is 2.24. The molecule has 0 fully saturated rings. The van der Waals surface area contributed by atoms with Crippen molar-refractivity contribution in [1.29, 1.82) is 0 Å². The van der Waals surface area contributed by atoms with E-state index >= 15 is 0 Å². The van der Waals surface area contributed by atoms with E-state index in [1.807, 2.05) is 7.05 Å². The van der Waals surface area contributed by atoms with Gasteiger partial charge in [0.15, 0.2) is 0 Å². The van der Waals surface area contributed by atoms with Gasteiger partial charge in [-0.25, -0.2) is 0 Å². The first-order valence-electron chi connectivity index (χ1n) is 5.85. The fourth-order valence-corrected chi connectivity index (χ4v) is 2.04. The molecular formula is C15H23N. The molecule has 0 aliphatic carbocycles. The topological polar surface area (TPSA) is 12.0 Å². The van der Waals surface area contributed by atoms with E-state index in [0.717, 1.165) is 13.0 Å². The minimum Gasteiger partial charge on any atom is -0.319 e. The highest BCUT2D eigenvalue weighted by molar-refractivity contribution is 5.32. The van der Waals surface area contributed by atoms with Crippen LogP contribution in [0, 0.1) is 19.3 Å². The van der Waals surface area contributed by atoms with Gasteiger partial charge in [-0.05, 0) is 38.4 Å². The lowest BCUT2D eigenvalue weighted by Crippen LogP contribution is -2.30. The van der Waals surface area contributed by atoms with Crippen molar-refractivity contribution in [3.8, 4) is 0 Å². The lowest BCUT2D eigenvalue weighted by molar-refractivity contribution is 0.405. The van der Waals surface area contributed by atoms with Crippen molar-refractivity contribution in [2.24, 2.45) is 5.41 Å². The first kappa shape index (κ1) is 13.0. The molecule has 1 heteroatoms. The van der Waals surface area contributed by atoms with Gasteiger partial charge in [0, 0.05) is 12.0 Å². The summed E-state index contributed by atoms with van der Waals surface area (Å²) in [5.74, 6) is 0. The molecule has 0 radical (unpaired) electrons. The maximum absolute atomic E-state index is 3.96. The molecule has 0 saturated heterocycles. The molecule has 1 nitrogen and oxygen atoms in total. The summed E-state index contributed by atoms with van der Waals surface area (Å²) in [5.41, 5.74) is 4.26. The highest BCUT2D eigenvalue weighted by Crippen LogP contribution is 2.25. The summed E-state index contributed by atoms with van der Waals surface area (Å²) >= 11 is 0. The molecule has 0 heterocycles. The fraction of sp³-hybridized carbons (Fsp3) is 0.467. The smallest absolute Gasteiger partial charge is 0.00400 e. The molecule has 1 N–H and O–H groups in total. The number of nitrogens with one attached hydrogen (secondary N) is 1. The SMILES string of the molecule is C=CC(C)(CNC)Cc1cc(C)ccc1C. The Balaban J connectivity index is 2.93. The second-order valence-electron chi connectivity index (χ2n) is 5.00. The Labute approximate surface area is 99.6 Å². The van der Waals surface area contributed by atoms with E-state index in [0.29, 0.717) is 0 Å². The molecule has 1 rings (SSSR count). The van der Waals surface area contributed by atoms with Crippen molar-refractivity contribution in [3.63, 3.8) is 0 Å². The third kappa shape index (κ3) is 3.21. The van der Waals surface area contributed by atoms with Crippen LogP contribution in [0.25, 0.3) is 0 Å². The first-order valence-corrected chi connectivity index (χ1v) is 5.85. The molecule has 1 atom stereocenters. The summed E-state index contributed by atoms with van der Waals surface area (Å²) in [6, 6.07) is 6.66. The maximum Gasteiger partial charge on any atom is 0.00400 e. The predicted octanol–water partition coefficient (Wildman–Crippen LogP) is 3.26. The molecule has 0 bridgehead atoms. The molecule has 0 aromatic heterocycles. The van der Waals surface area contributed by atoms with Gasteiger partial charge in [-0.1, -0.05) is 36.8 Å². The van der Waals surface area contributed by atoms with Crippen LogP contribution >= 0.6 is 0 Å². The summed E-state index contributed by atoms with van der Waals surface area (Å²) < 4.78 is 0. The van der Waals surface area contributed by atoms with E-state index in [1.165, 1.54) is 16.7 Å². The number of hydrogen-bond donors (Lipinski definition) is 1. The van der Waals surface area contributed by atoms with E-state index in [2.05, 4.69) is 56.9 Å². The van der Waals surface area contributed by atoms with Crippen LogP contribution in [0.5, 0.6) is 0 Å². The number of hydrogen-bond acceptors (Lipinski definition) is 1. The molecule has 1 unspecified atom stereocenters. The van der Waals surface area contributed by atoms with Gasteiger partial charge >= 0.3 is 0 Å². The average molecular weight is 217 g/mol. The second-order valence-corrected chi connectivity index (χ2v) is 5.00. The van der Waals surface area contributed by atoms with Crippen LogP contribution in [0.2, 0.25) is 0 Å². The quantitative estimate of drug-likeness (QED) is 0.746. The third-order valence-corrected chi connectivity index (χ3v) is 3.17. The van der Waals surface area contributed by atoms with Crippen molar-refractivity contribution in [1.82, 2.24) is 5.32 Å². The number of rotatable bonds is 5.